The van der Waals surface area contributed by atoms with Gasteiger partial charge in [0, 0.05) is 31.2 Å². The van der Waals surface area contributed by atoms with Gasteiger partial charge in [0.05, 0.1) is 5.69 Å². The summed E-state index contributed by atoms with van der Waals surface area (Å²) in [6.45, 7) is 12.0. The molecule has 1 saturated heterocycles. The summed E-state index contributed by atoms with van der Waals surface area (Å²) in [5.74, 6) is 1.57. The largest absolute Gasteiger partial charge is 0.361 e. The molecule has 0 spiro atoms. The SMILES string of the molecule is CCCNC1CCN(Cc2cc(C)on2)C(C)C1C. The minimum Gasteiger partial charge on any atom is -0.361 e. The van der Waals surface area contributed by atoms with Crippen molar-refractivity contribution in [3.63, 3.8) is 0 Å². The van der Waals surface area contributed by atoms with Crippen LogP contribution in [0.15, 0.2) is 10.6 Å². The Balaban J connectivity index is 1.91. The van der Waals surface area contributed by atoms with Crippen molar-refractivity contribution < 1.29 is 4.52 Å². The summed E-state index contributed by atoms with van der Waals surface area (Å²) >= 11 is 0. The number of nitrogens with one attached hydrogen (secondary N) is 1. The summed E-state index contributed by atoms with van der Waals surface area (Å²) in [4.78, 5) is 2.52. The van der Waals surface area contributed by atoms with E-state index in [4.69, 9.17) is 4.52 Å². The molecule has 0 aliphatic carbocycles. The van der Waals surface area contributed by atoms with Crippen LogP contribution in [0, 0.1) is 12.8 Å². The summed E-state index contributed by atoms with van der Waals surface area (Å²) < 4.78 is 5.15. The molecule has 1 aliphatic heterocycles. The van der Waals surface area contributed by atoms with Crippen LogP contribution in [0.2, 0.25) is 0 Å². The summed E-state index contributed by atoms with van der Waals surface area (Å²) in [5.41, 5.74) is 1.05. The van der Waals surface area contributed by atoms with E-state index in [2.05, 4.69) is 36.1 Å². The molecular weight excluding hydrogens is 238 g/mol. The molecule has 4 nitrogen and oxygen atoms in total. The lowest BCUT2D eigenvalue weighted by atomic mass is 9.87. The van der Waals surface area contributed by atoms with Gasteiger partial charge in [0.2, 0.25) is 0 Å². The number of rotatable bonds is 5. The van der Waals surface area contributed by atoms with E-state index >= 15 is 0 Å². The first-order chi connectivity index (χ1) is 9.11. The fourth-order valence-electron chi connectivity index (χ4n) is 2.98. The molecule has 0 saturated carbocycles. The van der Waals surface area contributed by atoms with E-state index in [0.29, 0.717) is 18.0 Å². The van der Waals surface area contributed by atoms with Gasteiger partial charge >= 0.3 is 0 Å². The van der Waals surface area contributed by atoms with Crippen LogP contribution in [0.4, 0.5) is 0 Å². The zero-order chi connectivity index (χ0) is 13.8. The van der Waals surface area contributed by atoms with Gasteiger partial charge in [-0.25, -0.2) is 0 Å². The number of aryl methyl sites for hydroxylation is 1. The standard InChI is InChI=1S/C15H27N3O/c1-5-7-16-15-6-8-18(13(4)12(15)3)10-14-9-11(2)19-17-14/h9,12-13,15-16H,5-8,10H2,1-4H3. The molecule has 0 aromatic carbocycles. The molecule has 19 heavy (non-hydrogen) atoms. The van der Waals surface area contributed by atoms with Gasteiger partial charge in [0.1, 0.15) is 5.76 Å². The highest BCUT2D eigenvalue weighted by molar-refractivity contribution is 5.04. The van der Waals surface area contributed by atoms with Crippen LogP contribution in [0.1, 0.15) is 45.1 Å². The molecule has 4 heteroatoms. The van der Waals surface area contributed by atoms with Crippen LogP contribution in [0.25, 0.3) is 0 Å². The summed E-state index contributed by atoms with van der Waals surface area (Å²) in [5, 5.41) is 7.78. The number of aromatic nitrogens is 1. The Labute approximate surface area is 116 Å². The molecule has 3 unspecified atom stereocenters. The lowest BCUT2D eigenvalue weighted by molar-refractivity contribution is 0.0765. The number of hydrogen-bond donors (Lipinski definition) is 1. The second-order valence-electron chi connectivity index (χ2n) is 5.85. The Kier molecular flexibility index (Phi) is 4.99. The maximum absolute atomic E-state index is 5.15. The van der Waals surface area contributed by atoms with Crippen molar-refractivity contribution >= 4 is 0 Å². The first-order valence-electron chi connectivity index (χ1n) is 7.51. The number of piperidine rings is 1. The Morgan fingerprint density at radius 2 is 2.26 bits per heavy atom. The zero-order valence-corrected chi connectivity index (χ0v) is 12.6. The van der Waals surface area contributed by atoms with Gasteiger partial charge in [0.25, 0.3) is 0 Å². The summed E-state index contributed by atoms with van der Waals surface area (Å²) in [6.07, 6.45) is 2.43. The Bertz CT molecular complexity index is 390. The molecule has 1 aromatic heterocycles. The third-order valence-electron chi connectivity index (χ3n) is 4.40. The van der Waals surface area contributed by atoms with Gasteiger partial charge in [-0.15, -0.1) is 0 Å². The molecule has 2 heterocycles. The van der Waals surface area contributed by atoms with Crippen LogP contribution in [-0.4, -0.2) is 35.2 Å². The van der Waals surface area contributed by atoms with Crippen molar-refractivity contribution in [2.45, 2.75) is 59.2 Å². The molecule has 0 radical (unpaired) electrons. The van der Waals surface area contributed by atoms with Crippen molar-refractivity contribution in [3.05, 3.63) is 17.5 Å². The lowest BCUT2D eigenvalue weighted by Gasteiger charge is -2.42. The van der Waals surface area contributed by atoms with E-state index in [9.17, 15) is 0 Å². The first-order valence-corrected chi connectivity index (χ1v) is 7.51. The van der Waals surface area contributed by atoms with E-state index < -0.39 is 0 Å². The van der Waals surface area contributed by atoms with E-state index in [0.717, 1.165) is 31.1 Å². The topological polar surface area (TPSA) is 41.3 Å². The van der Waals surface area contributed by atoms with Crippen molar-refractivity contribution in [1.29, 1.82) is 0 Å². The molecule has 108 valence electrons. The normalized spacial score (nSPS) is 28.7. The molecule has 1 aliphatic rings. The predicted octanol–water partition coefficient (Wildman–Crippen LogP) is 2.58. The van der Waals surface area contributed by atoms with Crippen LogP contribution < -0.4 is 5.32 Å². The molecule has 3 atom stereocenters. The van der Waals surface area contributed by atoms with Crippen molar-refractivity contribution in [3.8, 4) is 0 Å². The first kappa shape index (κ1) is 14.5. The highest BCUT2D eigenvalue weighted by Crippen LogP contribution is 2.25. The van der Waals surface area contributed by atoms with Crippen LogP contribution in [-0.2, 0) is 6.54 Å². The number of nitrogens with zero attached hydrogens (tertiary/aromatic N) is 2. The minimum atomic E-state index is 0.583. The molecule has 1 fully saturated rings. The fraction of sp³-hybridized carbons (Fsp3) is 0.800. The van der Waals surface area contributed by atoms with Gasteiger partial charge in [-0.05, 0) is 39.2 Å². The van der Waals surface area contributed by atoms with E-state index in [1.165, 1.54) is 12.8 Å². The Hall–Kier alpha value is -0.870. The Morgan fingerprint density at radius 3 is 2.89 bits per heavy atom. The quantitative estimate of drug-likeness (QED) is 0.888. The van der Waals surface area contributed by atoms with Crippen LogP contribution in [0.3, 0.4) is 0 Å². The highest BCUT2D eigenvalue weighted by Gasteiger charge is 2.32. The third-order valence-corrected chi connectivity index (χ3v) is 4.40. The molecule has 1 N–H and O–H groups in total. The Morgan fingerprint density at radius 1 is 1.47 bits per heavy atom. The lowest BCUT2D eigenvalue weighted by Crippen LogP contribution is -2.53. The van der Waals surface area contributed by atoms with Crippen LogP contribution in [0.5, 0.6) is 0 Å². The number of hydrogen-bond acceptors (Lipinski definition) is 4. The van der Waals surface area contributed by atoms with Crippen molar-refractivity contribution in [2.24, 2.45) is 5.92 Å². The maximum Gasteiger partial charge on any atom is 0.133 e. The molecule has 2 rings (SSSR count). The molecule has 0 bridgehead atoms. The summed E-state index contributed by atoms with van der Waals surface area (Å²) in [7, 11) is 0. The van der Waals surface area contributed by atoms with Gasteiger partial charge in [-0.1, -0.05) is 19.0 Å². The smallest absolute Gasteiger partial charge is 0.133 e. The van der Waals surface area contributed by atoms with Crippen LogP contribution >= 0.6 is 0 Å². The monoisotopic (exact) mass is 265 g/mol. The average Bonchev–Trinajstić information content (AvgIpc) is 2.80. The number of likely N-dealkylation sites (tertiary alicyclic amines) is 1. The average molecular weight is 265 g/mol. The fourth-order valence-corrected chi connectivity index (χ4v) is 2.98. The van der Waals surface area contributed by atoms with Gasteiger partial charge < -0.3 is 9.84 Å². The predicted molar refractivity (Wildman–Crippen MR) is 77.0 cm³/mol. The van der Waals surface area contributed by atoms with Gasteiger partial charge in [-0.2, -0.15) is 0 Å². The zero-order valence-electron chi connectivity index (χ0n) is 12.6. The van der Waals surface area contributed by atoms with Crippen molar-refractivity contribution in [2.75, 3.05) is 13.1 Å². The van der Waals surface area contributed by atoms with Gasteiger partial charge in [0.15, 0.2) is 0 Å². The summed E-state index contributed by atoms with van der Waals surface area (Å²) in [6, 6.07) is 3.28. The highest BCUT2D eigenvalue weighted by atomic mass is 16.5. The van der Waals surface area contributed by atoms with E-state index in [1.807, 2.05) is 13.0 Å². The third kappa shape index (κ3) is 3.57. The molecule has 1 aromatic rings. The van der Waals surface area contributed by atoms with E-state index in [1.54, 1.807) is 0 Å². The van der Waals surface area contributed by atoms with Gasteiger partial charge in [-0.3, -0.25) is 4.90 Å². The second-order valence-corrected chi connectivity index (χ2v) is 5.85. The maximum atomic E-state index is 5.15. The second kappa shape index (κ2) is 6.53. The molecular formula is C15H27N3O. The molecule has 0 amide bonds. The van der Waals surface area contributed by atoms with E-state index in [-0.39, 0.29) is 0 Å². The minimum absolute atomic E-state index is 0.583. The van der Waals surface area contributed by atoms with Crippen molar-refractivity contribution in [1.82, 2.24) is 15.4 Å².